The highest BCUT2D eigenvalue weighted by Gasteiger charge is 2.40. The SMILES string of the molecule is N[C@@H]1CCC[C@H]1CC(=O)NC1CC2CCC1C2. The van der Waals surface area contributed by atoms with Gasteiger partial charge in [-0.1, -0.05) is 12.8 Å². The first-order valence-corrected chi connectivity index (χ1v) is 7.27. The third kappa shape index (κ3) is 2.35. The molecule has 0 aliphatic heterocycles. The van der Waals surface area contributed by atoms with Crippen LogP contribution in [0, 0.1) is 17.8 Å². The molecule has 3 N–H and O–H groups in total. The van der Waals surface area contributed by atoms with Gasteiger partial charge in [-0.25, -0.2) is 0 Å². The molecule has 0 spiro atoms. The van der Waals surface area contributed by atoms with Crippen molar-refractivity contribution in [2.24, 2.45) is 23.5 Å². The fourth-order valence-electron chi connectivity index (χ4n) is 4.24. The number of nitrogens with two attached hydrogens (primary N) is 1. The number of nitrogens with one attached hydrogen (secondary N) is 1. The molecule has 1 amide bonds. The molecule has 3 fully saturated rings. The van der Waals surface area contributed by atoms with Gasteiger partial charge in [0.05, 0.1) is 0 Å². The first kappa shape index (κ1) is 11.5. The minimum Gasteiger partial charge on any atom is -0.353 e. The van der Waals surface area contributed by atoms with Gasteiger partial charge in [-0.2, -0.15) is 0 Å². The second kappa shape index (κ2) is 4.60. The summed E-state index contributed by atoms with van der Waals surface area (Å²) >= 11 is 0. The summed E-state index contributed by atoms with van der Waals surface area (Å²) < 4.78 is 0. The summed E-state index contributed by atoms with van der Waals surface area (Å²) in [6, 6.07) is 0.750. The summed E-state index contributed by atoms with van der Waals surface area (Å²) in [5.41, 5.74) is 6.02. The molecule has 3 saturated carbocycles. The van der Waals surface area contributed by atoms with E-state index in [1.54, 1.807) is 0 Å². The second-order valence-corrected chi connectivity index (χ2v) is 6.41. The van der Waals surface area contributed by atoms with Gasteiger partial charge in [0.25, 0.3) is 0 Å². The van der Waals surface area contributed by atoms with Crippen molar-refractivity contribution in [3.05, 3.63) is 0 Å². The molecule has 0 radical (unpaired) electrons. The Morgan fingerprint density at radius 1 is 1.18 bits per heavy atom. The van der Waals surface area contributed by atoms with Gasteiger partial charge in [-0.15, -0.1) is 0 Å². The average Bonchev–Trinajstić information content (AvgIpc) is 2.96. The molecule has 2 bridgehead atoms. The molecule has 3 heteroatoms. The number of carbonyl (C=O) groups excluding carboxylic acids is 1. The van der Waals surface area contributed by atoms with Crippen LogP contribution in [0.25, 0.3) is 0 Å². The Bertz CT molecular complexity index is 305. The predicted octanol–water partition coefficient (Wildman–Crippen LogP) is 1.81. The summed E-state index contributed by atoms with van der Waals surface area (Å²) in [6.07, 6.45) is 9.42. The number of amides is 1. The van der Waals surface area contributed by atoms with Crippen molar-refractivity contribution in [3.8, 4) is 0 Å². The third-order valence-corrected chi connectivity index (χ3v) is 5.25. The Balaban J connectivity index is 1.47. The molecule has 3 unspecified atom stereocenters. The van der Waals surface area contributed by atoms with E-state index in [0.717, 1.165) is 24.7 Å². The first-order chi connectivity index (χ1) is 8.22. The minimum absolute atomic E-state index is 0.255. The van der Waals surface area contributed by atoms with Gasteiger partial charge in [0.1, 0.15) is 0 Å². The smallest absolute Gasteiger partial charge is 0.220 e. The minimum atomic E-state index is 0.255. The Hall–Kier alpha value is -0.570. The van der Waals surface area contributed by atoms with E-state index < -0.39 is 0 Å². The Morgan fingerprint density at radius 3 is 2.65 bits per heavy atom. The van der Waals surface area contributed by atoms with E-state index in [4.69, 9.17) is 5.73 Å². The summed E-state index contributed by atoms with van der Waals surface area (Å²) in [4.78, 5) is 12.0. The van der Waals surface area contributed by atoms with Crippen molar-refractivity contribution < 1.29 is 4.79 Å². The van der Waals surface area contributed by atoms with Crippen LogP contribution in [-0.2, 0) is 4.79 Å². The summed E-state index contributed by atoms with van der Waals surface area (Å²) in [5, 5.41) is 3.26. The van der Waals surface area contributed by atoms with Gasteiger partial charge < -0.3 is 11.1 Å². The molecule has 0 aromatic heterocycles. The summed E-state index contributed by atoms with van der Waals surface area (Å²) in [6.45, 7) is 0. The van der Waals surface area contributed by atoms with E-state index in [9.17, 15) is 4.79 Å². The first-order valence-electron chi connectivity index (χ1n) is 7.27. The Kier molecular flexibility index (Phi) is 3.12. The molecule has 3 rings (SSSR count). The maximum Gasteiger partial charge on any atom is 0.220 e. The topological polar surface area (TPSA) is 55.1 Å². The average molecular weight is 236 g/mol. The van der Waals surface area contributed by atoms with E-state index in [1.165, 1.54) is 32.1 Å². The van der Waals surface area contributed by atoms with Gasteiger partial charge in [-0.3, -0.25) is 4.79 Å². The molecular formula is C14H24N2O. The third-order valence-electron chi connectivity index (χ3n) is 5.25. The molecule has 5 atom stereocenters. The van der Waals surface area contributed by atoms with E-state index in [-0.39, 0.29) is 11.9 Å². The summed E-state index contributed by atoms with van der Waals surface area (Å²) in [7, 11) is 0. The molecule has 0 aromatic carbocycles. The zero-order valence-corrected chi connectivity index (χ0v) is 10.5. The zero-order valence-electron chi connectivity index (χ0n) is 10.5. The second-order valence-electron chi connectivity index (χ2n) is 6.41. The van der Waals surface area contributed by atoms with Crippen LogP contribution in [0.2, 0.25) is 0 Å². The van der Waals surface area contributed by atoms with Gasteiger partial charge >= 0.3 is 0 Å². The molecular weight excluding hydrogens is 212 g/mol. The van der Waals surface area contributed by atoms with Crippen LogP contribution < -0.4 is 11.1 Å². The van der Waals surface area contributed by atoms with Crippen molar-refractivity contribution in [2.75, 3.05) is 0 Å². The number of carbonyl (C=O) groups is 1. The van der Waals surface area contributed by atoms with Crippen molar-refractivity contribution in [3.63, 3.8) is 0 Å². The summed E-state index contributed by atoms with van der Waals surface area (Å²) in [5.74, 6) is 2.37. The van der Waals surface area contributed by atoms with Crippen LogP contribution in [0.4, 0.5) is 0 Å². The Morgan fingerprint density at radius 2 is 2.06 bits per heavy atom. The molecule has 0 heterocycles. The standard InChI is InChI=1S/C14H24N2O/c15-12-3-1-2-10(12)8-14(17)16-13-7-9-4-5-11(13)6-9/h9-13H,1-8,15H2,(H,16,17)/t9?,10-,11?,12+,13?/m0/s1. The van der Waals surface area contributed by atoms with Crippen LogP contribution in [0.1, 0.15) is 51.4 Å². The van der Waals surface area contributed by atoms with Gasteiger partial charge in [0.2, 0.25) is 5.91 Å². The fraction of sp³-hybridized carbons (Fsp3) is 0.929. The highest BCUT2D eigenvalue weighted by atomic mass is 16.1. The van der Waals surface area contributed by atoms with Gasteiger partial charge in [0.15, 0.2) is 0 Å². The molecule has 96 valence electrons. The quantitative estimate of drug-likeness (QED) is 0.785. The molecule has 3 aliphatic carbocycles. The van der Waals surface area contributed by atoms with Gasteiger partial charge in [-0.05, 0) is 49.9 Å². The number of hydrogen-bond donors (Lipinski definition) is 2. The van der Waals surface area contributed by atoms with E-state index in [1.807, 2.05) is 0 Å². The van der Waals surface area contributed by atoms with Crippen molar-refractivity contribution in [1.29, 1.82) is 0 Å². The van der Waals surface area contributed by atoms with E-state index in [0.29, 0.717) is 18.4 Å². The molecule has 17 heavy (non-hydrogen) atoms. The largest absolute Gasteiger partial charge is 0.353 e. The number of fused-ring (bicyclic) bond motifs is 2. The van der Waals surface area contributed by atoms with Crippen LogP contribution in [0.5, 0.6) is 0 Å². The lowest BCUT2D eigenvalue weighted by molar-refractivity contribution is -0.123. The van der Waals surface area contributed by atoms with E-state index in [2.05, 4.69) is 5.32 Å². The van der Waals surface area contributed by atoms with Crippen LogP contribution in [-0.4, -0.2) is 18.0 Å². The lowest BCUT2D eigenvalue weighted by Crippen LogP contribution is -2.40. The molecule has 3 aliphatic rings. The maximum absolute atomic E-state index is 12.0. The molecule has 3 nitrogen and oxygen atoms in total. The van der Waals surface area contributed by atoms with Crippen molar-refractivity contribution in [1.82, 2.24) is 5.32 Å². The Labute approximate surface area is 104 Å². The molecule has 0 aromatic rings. The predicted molar refractivity (Wildman–Crippen MR) is 67.3 cm³/mol. The highest BCUT2D eigenvalue weighted by molar-refractivity contribution is 5.76. The normalized spacial score (nSPS) is 44.2. The number of rotatable bonds is 3. The van der Waals surface area contributed by atoms with Crippen molar-refractivity contribution >= 4 is 5.91 Å². The molecule has 0 saturated heterocycles. The lowest BCUT2D eigenvalue weighted by atomic mass is 9.94. The lowest BCUT2D eigenvalue weighted by Gasteiger charge is -2.24. The van der Waals surface area contributed by atoms with E-state index >= 15 is 0 Å². The highest BCUT2D eigenvalue weighted by Crippen LogP contribution is 2.44. The maximum atomic E-state index is 12.0. The van der Waals surface area contributed by atoms with Crippen LogP contribution in [0.15, 0.2) is 0 Å². The monoisotopic (exact) mass is 236 g/mol. The number of hydrogen-bond acceptors (Lipinski definition) is 2. The van der Waals surface area contributed by atoms with Crippen LogP contribution in [0.3, 0.4) is 0 Å². The van der Waals surface area contributed by atoms with Crippen molar-refractivity contribution in [2.45, 2.75) is 63.5 Å². The zero-order chi connectivity index (χ0) is 11.8. The van der Waals surface area contributed by atoms with Gasteiger partial charge in [0, 0.05) is 18.5 Å². The van der Waals surface area contributed by atoms with Crippen LogP contribution >= 0.6 is 0 Å². The fourth-order valence-corrected chi connectivity index (χ4v) is 4.24.